The van der Waals surface area contributed by atoms with Gasteiger partial charge >= 0.3 is 12.1 Å². The standard InChI is InChI=1S/C7H6F3NO3/c8-7(9,10)6(14)11-4-1-3(12)2-5(4)13/h4H,1-2H2,(H,11,14). The normalized spacial score (nSPS) is 22.6. The van der Waals surface area contributed by atoms with Gasteiger partial charge < -0.3 is 5.32 Å². The van der Waals surface area contributed by atoms with Gasteiger partial charge in [0.15, 0.2) is 5.78 Å². The molecule has 1 atom stereocenters. The average molecular weight is 209 g/mol. The number of halogens is 3. The number of Topliss-reactive ketones (excluding diaryl/α,β-unsaturated/α-hetero) is 2. The van der Waals surface area contributed by atoms with E-state index >= 15 is 0 Å². The van der Waals surface area contributed by atoms with Crippen molar-refractivity contribution >= 4 is 17.5 Å². The summed E-state index contributed by atoms with van der Waals surface area (Å²) in [6.07, 6.45) is -5.77. The first kappa shape index (κ1) is 10.7. The highest BCUT2D eigenvalue weighted by Gasteiger charge is 2.42. The van der Waals surface area contributed by atoms with E-state index in [9.17, 15) is 27.6 Å². The molecular weight excluding hydrogens is 203 g/mol. The van der Waals surface area contributed by atoms with Crippen molar-refractivity contribution in [2.24, 2.45) is 0 Å². The Morgan fingerprint density at radius 3 is 2.29 bits per heavy atom. The van der Waals surface area contributed by atoms with E-state index in [1.807, 2.05) is 0 Å². The number of amides is 1. The second kappa shape index (κ2) is 3.39. The molecule has 14 heavy (non-hydrogen) atoms. The molecule has 1 rings (SSSR count). The van der Waals surface area contributed by atoms with Gasteiger partial charge in [-0.3, -0.25) is 14.4 Å². The Balaban J connectivity index is 2.58. The fraction of sp³-hybridized carbons (Fsp3) is 0.571. The molecule has 0 aliphatic heterocycles. The van der Waals surface area contributed by atoms with Crippen molar-refractivity contribution in [3.05, 3.63) is 0 Å². The lowest BCUT2D eigenvalue weighted by Crippen LogP contribution is -2.44. The molecule has 0 radical (unpaired) electrons. The van der Waals surface area contributed by atoms with Crippen molar-refractivity contribution in [1.29, 1.82) is 0 Å². The van der Waals surface area contributed by atoms with Crippen LogP contribution in [0.15, 0.2) is 0 Å². The summed E-state index contributed by atoms with van der Waals surface area (Å²) >= 11 is 0. The van der Waals surface area contributed by atoms with Crippen LogP contribution in [-0.4, -0.2) is 29.7 Å². The summed E-state index contributed by atoms with van der Waals surface area (Å²) in [4.78, 5) is 31.9. The SMILES string of the molecule is O=C1CC(=O)C(NC(=O)C(F)(F)F)C1. The third kappa shape index (κ3) is 2.30. The minimum absolute atomic E-state index is 0.347. The Hall–Kier alpha value is -1.40. The van der Waals surface area contributed by atoms with Crippen LogP contribution in [0.5, 0.6) is 0 Å². The monoisotopic (exact) mass is 209 g/mol. The molecule has 1 saturated carbocycles. The first-order valence-electron chi connectivity index (χ1n) is 3.73. The van der Waals surface area contributed by atoms with Gasteiger partial charge in [0, 0.05) is 6.42 Å². The zero-order valence-electron chi connectivity index (χ0n) is 6.85. The van der Waals surface area contributed by atoms with Gasteiger partial charge in [0.05, 0.1) is 12.5 Å². The van der Waals surface area contributed by atoms with Gasteiger partial charge in [-0.15, -0.1) is 0 Å². The van der Waals surface area contributed by atoms with Crippen LogP contribution in [0.2, 0.25) is 0 Å². The van der Waals surface area contributed by atoms with Crippen molar-refractivity contribution < 1.29 is 27.6 Å². The largest absolute Gasteiger partial charge is 0.471 e. The van der Waals surface area contributed by atoms with Crippen LogP contribution < -0.4 is 5.32 Å². The van der Waals surface area contributed by atoms with Gasteiger partial charge in [-0.25, -0.2) is 0 Å². The summed E-state index contributed by atoms with van der Waals surface area (Å²) in [7, 11) is 0. The zero-order valence-corrected chi connectivity index (χ0v) is 6.85. The van der Waals surface area contributed by atoms with Gasteiger partial charge in [-0.1, -0.05) is 0 Å². The van der Waals surface area contributed by atoms with Gasteiger partial charge in [0.2, 0.25) is 0 Å². The van der Waals surface area contributed by atoms with Gasteiger partial charge in [0.1, 0.15) is 5.78 Å². The Morgan fingerprint density at radius 2 is 1.93 bits per heavy atom. The summed E-state index contributed by atoms with van der Waals surface area (Å²) in [5.41, 5.74) is 0. The highest BCUT2D eigenvalue weighted by Crippen LogP contribution is 2.17. The molecule has 1 fully saturated rings. The summed E-state index contributed by atoms with van der Waals surface area (Å²) in [5, 5.41) is 1.46. The topological polar surface area (TPSA) is 63.2 Å². The molecule has 0 aromatic heterocycles. The minimum Gasteiger partial charge on any atom is -0.338 e. The van der Waals surface area contributed by atoms with Gasteiger partial charge in [0.25, 0.3) is 0 Å². The Labute approximate surface area is 76.5 Å². The van der Waals surface area contributed by atoms with Crippen LogP contribution in [0.25, 0.3) is 0 Å². The lowest BCUT2D eigenvalue weighted by molar-refractivity contribution is -0.174. The minimum atomic E-state index is -5.02. The summed E-state index contributed by atoms with van der Waals surface area (Å²) < 4.78 is 35.2. The fourth-order valence-corrected chi connectivity index (χ4v) is 1.10. The maximum Gasteiger partial charge on any atom is 0.471 e. The van der Waals surface area contributed by atoms with Crippen molar-refractivity contribution in [3.8, 4) is 0 Å². The molecule has 0 spiro atoms. The molecule has 1 amide bonds. The van der Waals surface area contributed by atoms with E-state index < -0.39 is 36.1 Å². The maximum atomic E-state index is 11.7. The zero-order chi connectivity index (χ0) is 10.9. The highest BCUT2D eigenvalue weighted by molar-refractivity contribution is 6.10. The van der Waals surface area contributed by atoms with Crippen LogP contribution in [0, 0.1) is 0 Å². The molecule has 4 nitrogen and oxygen atoms in total. The predicted octanol–water partition coefficient (Wildman–Crippen LogP) is -0.0345. The average Bonchev–Trinajstić information content (AvgIpc) is 2.28. The van der Waals surface area contributed by atoms with E-state index in [-0.39, 0.29) is 6.42 Å². The van der Waals surface area contributed by atoms with E-state index in [1.165, 1.54) is 5.32 Å². The number of hydrogen-bond donors (Lipinski definition) is 1. The van der Waals surface area contributed by atoms with E-state index in [4.69, 9.17) is 0 Å². The molecule has 7 heteroatoms. The summed E-state index contributed by atoms with van der Waals surface area (Å²) in [6, 6.07) is -1.31. The third-order valence-corrected chi connectivity index (χ3v) is 1.75. The van der Waals surface area contributed by atoms with Crippen LogP contribution >= 0.6 is 0 Å². The third-order valence-electron chi connectivity index (χ3n) is 1.75. The molecule has 0 heterocycles. The van der Waals surface area contributed by atoms with E-state index in [1.54, 1.807) is 0 Å². The molecule has 1 unspecified atom stereocenters. The maximum absolute atomic E-state index is 11.7. The van der Waals surface area contributed by atoms with Gasteiger partial charge in [-0.2, -0.15) is 13.2 Å². The van der Waals surface area contributed by atoms with Crippen LogP contribution in [0.4, 0.5) is 13.2 Å². The molecule has 78 valence electrons. The second-order valence-corrected chi connectivity index (χ2v) is 2.91. The molecular formula is C7H6F3NO3. The van der Waals surface area contributed by atoms with Gasteiger partial charge in [-0.05, 0) is 0 Å². The molecule has 0 bridgehead atoms. The number of carbonyl (C=O) groups excluding carboxylic acids is 3. The molecule has 0 aromatic rings. The molecule has 1 N–H and O–H groups in total. The number of hydrogen-bond acceptors (Lipinski definition) is 3. The number of alkyl halides is 3. The van der Waals surface area contributed by atoms with Crippen molar-refractivity contribution in [2.75, 3.05) is 0 Å². The van der Waals surface area contributed by atoms with E-state index in [0.717, 1.165) is 0 Å². The predicted molar refractivity (Wildman–Crippen MR) is 37.2 cm³/mol. The molecule has 0 saturated heterocycles. The lowest BCUT2D eigenvalue weighted by atomic mass is 10.2. The second-order valence-electron chi connectivity index (χ2n) is 2.91. The number of rotatable bonds is 1. The number of ketones is 2. The summed E-state index contributed by atoms with van der Waals surface area (Å²) in [6.45, 7) is 0. The first-order chi connectivity index (χ1) is 6.30. The fourth-order valence-electron chi connectivity index (χ4n) is 1.10. The van der Waals surface area contributed by atoms with Crippen LogP contribution in [0.3, 0.4) is 0 Å². The molecule has 1 aliphatic carbocycles. The molecule has 1 aliphatic rings. The van der Waals surface area contributed by atoms with Crippen LogP contribution in [0.1, 0.15) is 12.8 Å². The van der Waals surface area contributed by atoms with Crippen LogP contribution in [-0.2, 0) is 14.4 Å². The highest BCUT2D eigenvalue weighted by atomic mass is 19.4. The van der Waals surface area contributed by atoms with Crippen molar-refractivity contribution in [1.82, 2.24) is 5.32 Å². The van der Waals surface area contributed by atoms with E-state index in [0.29, 0.717) is 0 Å². The molecule has 0 aromatic carbocycles. The Morgan fingerprint density at radius 1 is 1.36 bits per heavy atom. The Kier molecular flexibility index (Phi) is 2.59. The quantitative estimate of drug-likeness (QED) is 0.616. The number of carbonyl (C=O) groups is 3. The lowest BCUT2D eigenvalue weighted by Gasteiger charge is -2.11. The first-order valence-corrected chi connectivity index (χ1v) is 3.73. The smallest absolute Gasteiger partial charge is 0.338 e. The van der Waals surface area contributed by atoms with Crippen molar-refractivity contribution in [2.45, 2.75) is 25.1 Å². The Bertz CT molecular complexity index is 297. The van der Waals surface area contributed by atoms with E-state index in [2.05, 4.69) is 0 Å². The summed E-state index contributed by atoms with van der Waals surface area (Å²) in [5.74, 6) is -3.32. The number of nitrogens with one attached hydrogen (secondary N) is 1. The van der Waals surface area contributed by atoms with Crippen molar-refractivity contribution in [3.63, 3.8) is 0 Å².